The van der Waals surface area contributed by atoms with Crippen LogP contribution in [-0.4, -0.2) is 23.1 Å². The number of cyclic esters (lactones) is 1. The standard InChI is InChI=1S/C20H24O4/c1-20(13-12-14-8-4-2-5-9-14)18(22)16(19(23)24-20)17(21)15-10-6-3-7-11-15/h2,4-5,8-9,15-16H,3,6-7,10-13H2,1H3. The summed E-state index contributed by atoms with van der Waals surface area (Å²) in [6, 6.07) is 9.78. The molecule has 3 rings (SSSR count). The van der Waals surface area contributed by atoms with Crippen LogP contribution in [0, 0.1) is 11.8 Å². The van der Waals surface area contributed by atoms with E-state index in [0.717, 1.165) is 37.7 Å². The Morgan fingerprint density at radius 2 is 1.79 bits per heavy atom. The molecular weight excluding hydrogens is 304 g/mol. The number of esters is 1. The van der Waals surface area contributed by atoms with Gasteiger partial charge >= 0.3 is 5.97 Å². The van der Waals surface area contributed by atoms with E-state index in [-0.39, 0.29) is 17.5 Å². The molecule has 2 unspecified atom stereocenters. The third-order valence-electron chi connectivity index (χ3n) is 5.37. The van der Waals surface area contributed by atoms with Crippen molar-refractivity contribution in [1.82, 2.24) is 0 Å². The first-order valence-electron chi connectivity index (χ1n) is 8.86. The van der Waals surface area contributed by atoms with Crippen molar-refractivity contribution in [3.63, 3.8) is 0 Å². The predicted octanol–water partition coefficient (Wildman–Crippen LogP) is 3.27. The maximum atomic E-state index is 12.8. The fourth-order valence-corrected chi connectivity index (χ4v) is 3.81. The molecule has 2 atom stereocenters. The molecule has 0 amide bonds. The number of ether oxygens (including phenoxy) is 1. The first-order valence-corrected chi connectivity index (χ1v) is 8.86. The van der Waals surface area contributed by atoms with Gasteiger partial charge in [-0.25, -0.2) is 0 Å². The van der Waals surface area contributed by atoms with Gasteiger partial charge in [0.15, 0.2) is 23.1 Å². The number of carbonyl (C=O) groups is 3. The Bertz CT molecular complexity index is 630. The van der Waals surface area contributed by atoms with E-state index >= 15 is 0 Å². The molecule has 2 fully saturated rings. The number of hydrogen-bond acceptors (Lipinski definition) is 4. The lowest BCUT2D eigenvalue weighted by Crippen LogP contribution is -2.38. The topological polar surface area (TPSA) is 60.4 Å². The van der Waals surface area contributed by atoms with Gasteiger partial charge in [-0.3, -0.25) is 14.4 Å². The van der Waals surface area contributed by atoms with Gasteiger partial charge in [0, 0.05) is 5.92 Å². The maximum absolute atomic E-state index is 12.8. The fraction of sp³-hybridized carbons (Fsp3) is 0.550. The zero-order valence-electron chi connectivity index (χ0n) is 14.1. The van der Waals surface area contributed by atoms with E-state index < -0.39 is 17.5 Å². The van der Waals surface area contributed by atoms with Crippen LogP contribution in [0.4, 0.5) is 0 Å². The predicted molar refractivity (Wildman–Crippen MR) is 89.3 cm³/mol. The van der Waals surface area contributed by atoms with E-state index in [1.807, 2.05) is 30.3 Å². The van der Waals surface area contributed by atoms with Crippen LogP contribution < -0.4 is 0 Å². The van der Waals surface area contributed by atoms with Gasteiger partial charge in [-0.1, -0.05) is 49.6 Å². The third kappa shape index (κ3) is 3.28. The Morgan fingerprint density at radius 1 is 1.12 bits per heavy atom. The average Bonchev–Trinajstić information content (AvgIpc) is 2.84. The quantitative estimate of drug-likeness (QED) is 0.615. The molecule has 1 saturated heterocycles. The van der Waals surface area contributed by atoms with E-state index in [4.69, 9.17) is 4.74 Å². The molecule has 1 aromatic rings. The highest BCUT2D eigenvalue weighted by Crippen LogP contribution is 2.36. The van der Waals surface area contributed by atoms with Gasteiger partial charge in [-0.2, -0.15) is 0 Å². The minimum Gasteiger partial charge on any atom is -0.450 e. The van der Waals surface area contributed by atoms with Crippen LogP contribution in [-0.2, 0) is 25.5 Å². The van der Waals surface area contributed by atoms with Gasteiger partial charge in [0.25, 0.3) is 0 Å². The first kappa shape index (κ1) is 16.9. The summed E-state index contributed by atoms with van der Waals surface area (Å²) in [6.07, 6.45) is 5.75. The van der Waals surface area contributed by atoms with Crippen LogP contribution in [0.25, 0.3) is 0 Å². The van der Waals surface area contributed by atoms with Crippen molar-refractivity contribution >= 4 is 17.5 Å². The molecule has 24 heavy (non-hydrogen) atoms. The van der Waals surface area contributed by atoms with Gasteiger partial charge < -0.3 is 4.74 Å². The van der Waals surface area contributed by atoms with Crippen molar-refractivity contribution in [2.75, 3.05) is 0 Å². The van der Waals surface area contributed by atoms with E-state index in [2.05, 4.69) is 0 Å². The van der Waals surface area contributed by atoms with E-state index in [9.17, 15) is 14.4 Å². The molecule has 1 aliphatic carbocycles. The molecular formula is C20H24O4. The van der Waals surface area contributed by atoms with Crippen molar-refractivity contribution in [3.05, 3.63) is 35.9 Å². The number of benzene rings is 1. The van der Waals surface area contributed by atoms with Crippen molar-refractivity contribution in [3.8, 4) is 0 Å². The Hall–Kier alpha value is -1.97. The monoisotopic (exact) mass is 328 g/mol. The van der Waals surface area contributed by atoms with Crippen LogP contribution in [0.15, 0.2) is 30.3 Å². The Labute approximate surface area is 142 Å². The number of rotatable bonds is 5. The lowest BCUT2D eigenvalue weighted by atomic mass is 9.78. The van der Waals surface area contributed by atoms with E-state index in [0.29, 0.717) is 12.8 Å². The highest BCUT2D eigenvalue weighted by Gasteiger charge is 2.55. The minimum absolute atomic E-state index is 0.156. The molecule has 128 valence electrons. The summed E-state index contributed by atoms with van der Waals surface area (Å²) < 4.78 is 5.40. The van der Waals surface area contributed by atoms with E-state index in [1.165, 1.54) is 0 Å². The minimum atomic E-state index is -1.20. The van der Waals surface area contributed by atoms with Crippen LogP contribution in [0.3, 0.4) is 0 Å². The van der Waals surface area contributed by atoms with Crippen LogP contribution >= 0.6 is 0 Å². The van der Waals surface area contributed by atoms with Crippen molar-refractivity contribution in [2.24, 2.45) is 11.8 Å². The van der Waals surface area contributed by atoms with Gasteiger partial charge in [0.05, 0.1) is 0 Å². The molecule has 1 aromatic carbocycles. The van der Waals surface area contributed by atoms with Gasteiger partial charge in [-0.05, 0) is 38.2 Å². The summed E-state index contributed by atoms with van der Waals surface area (Å²) in [4.78, 5) is 37.7. The average molecular weight is 328 g/mol. The lowest BCUT2D eigenvalue weighted by Gasteiger charge is -2.22. The Morgan fingerprint density at radius 3 is 2.46 bits per heavy atom. The maximum Gasteiger partial charge on any atom is 0.325 e. The van der Waals surface area contributed by atoms with Gasteiger partial charge in [-0.15, -0.1) is 0 Å². The Balaban J connectivity index is 1.69. The number of Topliss-reactive ketones (excluding diaryl/α,β-unsaturated/α-hetero) is 2. The fourth-order valence-electron chi connectivity index (χ4n) is 3.81. The second kappa shape index (κ2) is 6.88. The number of ketones is 2. The summed E-state index contributed by atoms with van der Waals surface area (Å²) >= 11 is 0. The molecule has 4 heteroatoms. The third-order valence-corrected chi connectivity index (χ3v) is 5.37. The SMILES string of the molecule is CC1(CCc2ccccc2)OC(=O)C(C(=O)C2CCCCC2)C1=O. The normalized spacial score (nSPS) is 28.0. The summed E-state index contributed by atoms with van der Waals surface area (Å²) in [5, 5.41) is 0. The summed E-state index contributed by atoms with van der Waals surface area (Å²) in [5.41, 5.74) is -0.0910. The largest absolute Gasteiger partial charge is 0.450 e. The Kier molecular flexibility index (Phi) is 4.83. The van der Waals surface area contributed by atoms with Crippen LogP contribution in [0.5, 0.6) is 0 Å². The molecule has 4 nitrogen and oxygen atoms in total. The second-order valence-corrected chi connectivity index (χ2v) is 7.17. The first-order chi connectivity index (χ1) is 11.5. The number of aryl methyl sites for hydroxylation is 1. The number of carbonyl (C=O) groups excluding carboxylic acids is 3. The van der Waals surface area contributed by atoms with Crippen molar-refractivity contribution < 1.29 is 19.1 Å². The molecule has 2 aliphatic rings. The molecule has 0 spiro atoms. The van der Waals surface area contributed by atoms with Gasteiger partial charge in [0.2, 0.25) is 0 Å². The van der Waals surface area contributed by atoms with Crippen LogP contribution in [0.2, 0.25) is 0 Å². The zero-order chi connectivity index (χ0) is 17.2. The molecule has 0 radical (unpaired) electrons. The molecule has 0 aromatic heterocycles. The van der Waals surface area contributed by atoms with Crippen molar-refractivity contribution in [1.29, 1.82) is 0 Å². The second-order valence-electron chi connectivity index (χ2n) is 7.17. The highest BCUT2D eigenvalue weighted by atomic mass is 16.6. The molecule has 0 N–H and O–H groups in total. The smallest absolute Gasteiger partial charge is 0.325 e. The highest BCUT2D eigenvalue weighted by molar-refractivity contribution is 6.23. The van der Waals surface area contributed by atoms with Crippen LogP contribution in [0.1, 0.15) is 51.0 Å². The van der Waals surface area contributed by atoms with E-state index in [1.54, 1.807) is 6.92 Å². The van der Waals surface area contributed by atoms with Crippen molar-refractivity contribution in [2.45, 2.75) is 57.5 Å². The molecule has 1 aliphatic heterocycles. The summed E-state index contributed by atoms with van der Waals surface area (Å²) in [6.45, 7) is 1.64. The molecule has 1 heterocycles. The summed E-state index contributed by atoms with van der Waals surface area (Å²) in [5.74, 6) is -2.57. The molecule has 0 bridgehead atoms. The molecule has 1 saturated carbocycles. The number of hydrogen-bond donors (Lipinski definition) is 0. The van der Waals surface area contributed by atoms with Gasteiger partial charge in [0.1, 0.15) is 0 Å². The lowest BCUT2D eigenvalue weighted by molar-refractivity contribution is -0.152. The zero-order valence-corrected chi connectivity index (χ0v) is 14.1. The summed E-state index contributed by atoms with van der Waals surface area (Å²) in [7, 11) is 0.